The molecule has 0 aliphatic heterocycles. The van der Waals surface area contributed by atoms with Gasteiger partial charge in [0.15, 0.2) is 18.1 Å². The van der Waals surface area contributed by atoms with E-state index in [1.807, 2.05) is 36.4 Å². The van der Waals surface area contributed by atoms with Crippen LogP contribution in [0.25, 0.3) is 21.9 Å². The van der Waals surface area contributed by atoms with E-state index in [0.29, 0.717) is 17.2 Å². The molecule has 5 heteroatoms. The third kappa shape index (κ3) is 3.07. The van der Waals surface area contributed by atoms with Crippen LogP contribution in [0.4, 0.5) is 0 Å². The van der Waals surface area contributed by atoms with E-state index in [1.165, 1.54) is 7.11 Å². The average molecular weight is 348 g/mol. The molecule has 0 saturated heterocycles. The molecule has 0 fully saturated rings. The van der Waals surface area contributed by atoms with Crippen LogP contribution in [0, 0.1) is 0 Å². The van der Waals surface area contributed by atoms with Gasteiger partial charge in [0.1, 0.15) is 16.9 Å². The fourth-order valence-electron chi connectivity index (χ4n) is 2.79. The molecule has 4 rings (SSSR count). The van der Waals surface area contributed by atoms with Gasteiger partial charge in [0.05, 0.1) is 7.11 Å². The molecule has 0 N–H and O–H groups in total. The Hall–Kier alpha value is -3.47. The number of carbonyl (C=O) groups is 1. The standard InChI is InChI=1S/C21H16O5/c1-23-19-8-4-5-9-20(19)26-21(22)13-24-14-10-11-18-16(12-14)15-6-2-3-7-17(15)25-18/h2-12H,13H2,1H3. The summed E-state index contributed by atoms with van der Waals surface area (Å²) in [5, 5.41) is 1.95. The van der Waals surface area contributed by atoms with Gasteiger partial charge in [0, 0.05) is 10.8 Å². The van der Waals surface area contributed by atoms with E-state index in [9.17, 15) is 4.79 Å². The minimum absolute atomic E-state index is 0.209. The van der Waals surface area contributed by atoms with Crippen molar-refractivity contribution in [2.45, 2.75) is 0 Å². The zero-order chi connectivity index (χ0) is 17.9. The number of furan rings is 1. The summed E-state index contributed by atoms with van der Waals surface area (Å²) >= 11 is 0. The lowest BCUT2D eigenvalue weighted by molar-refractivity contribution is -0.136. The molecule has 3 aromatic carbocycles. The zero-order valence-corrected chi connectivity index (χ0v) is 14.1. The number of esters is 1. The van der Waals surface area contributed by atoms with Gasteiger partial charge in [0.25, 0.3) is 0 Å². The van der Waals surface area contributed by atoms with E-state index in [4.69, 9.17) is 18.6 Å². The number of benzene rings is 3. The SMILES string of the molecule is COc1ccccc1OC(=O)COc1ccc2oc3ccccc3c2c1. The molecule has 130 valence electrons. The van der Waals surface area contributed by atoms with Crippen molar-refractivity contribution in [3.63, 3.8) is 0 Å². The van der Waals surface area contributed by atoms with Gasteiger partial charge in [-0.3, -0.25) is 0 Å². The minimum atomic E-state index is -0.508. The molecule has 0 spiro atoms. The second-order valence-corrected chi connectivity index (χ2v) is 5.67. The van der Waals surface area contributed by atoms with E-state index in [0.717, 1.165) is 21.9 Å². The first-order valence-electron chi connectivity index (χ1n) is 8.12. The Morgan fingerprint density at radius 1 is 0.885 bits per heavy atom. The summed E-state index contributed by atoms with van der Waals surface area (Å²) in [4.78, 5) is 12.1. The Morgan fingerprint density at radius 2 is 1.62 bits per heavy atom. The molecule has 1 heterocycles. The molecular formula is C21H16O5. The molecule has 0 bridgehead atoms. The Balaban J connectivity index is 1.49. The Morgan fingerprint density at radius 3 is 2.46 bits per heavy atom. The Labute approximate surface area is 149 Å². The van der Waals surface area contributed by atoms with Crippen LogP contribution in [0.3, 0.4) is 0 Å². The van der Waals surface area contributed by atoms with Gasteiger partial charge in [-0.25, -0.2) is 4.79 Å². The van der Waals surface area contributed by atoms with Gasteiger partial charge < -0.3 is 18.6 Å². The molecule has 0 atom stereocenters. The van der Waals surface area contributed by atoms with E-state index in [-0.39, 0.29) is 6.61 Å². The summed E-state index contributed by atoms with van der Waals surface area (Å²) in [6, 6.07) is 20.2. The van der Waals surface area contributed by atoms with Crippen LogP contribution in [-0.2, 0) is 4.79 Å². The van der Waals surface area contributed by atoms with Gasteiger partial charge in [-0.2, -0.15) is 0 Å². The maximum Gasteiger partial charge on any atom is 0.349 e. The first-order valence-corrected chi connectivity index (χ1v) is 8.12. The summed E-state index contributed by atoms with van der Waals surface area (Å²) in [6.45, 7) is -0.209. The first-order chi connectivity index (χ1) is 12.7. The zero-order valence-electron chi connectivity index (χ0n) is 14.1. The van der Waals surface area contributed by atoms with Crippen LogP contribution in [0.1, 0.15) is 0 Å². The lowest BCUT2D eigenvalue weighted by atomic mass is 10.1. The maximum atomic E-state index is 12.1. The highest BCUT2D eigenvalue weighted by atomic mass is 16.6. The van der Waals surface area contributed by atoms with Crippen LogP contribution < -0.4 is 14.2 Å². The molecule has 1 aromatic heterocycles. The molecule has 4 aromatic rings. The van der Waals surface area contributed by atoms with Gasteiger partial charge in [-0.15, -0.1) is 0 Å². The predicted octanol–water partition coefficient (Wildman–Crippen LogP) is 4.58. The van der Waals surface area contributed by atoms with Crippen molar-refractivity contribution in [3.05, 3.63) is 66.7 Å². The summed E-state index contributed by atoms with van der Waals surface area (Å²) in [5.41, 5.74) is 1.59. The van der Waals surface area contributed by atoms with Crippen molar-refractivity contribution in [3.8, 4) is 17.2 Å². The van der Waals surface area contributed by atoms with E-state index >= 15 is 0 Å². The van der Waals surface area contributed by atoms with Gasteiger partial charge in [0.2, 0.25) is 0 Å². The monoisotopic (exact) mass is 348 g/mol. The fourth-order valence-corrected chi connectivity index (χ4v) is 2.79. The summed E-state index contributed by atoms with van der Waals surface area (Å²) < 4.78 is 21.8. The normalized spacial score (nSPS) is 10.8. The van der Waals surface area contributed by atoms with Gasteiger partial charge in [-0.05, 0) is 36.4 Å². The number of methoxy groups -OCH3 is 1. The van der Waals surface area contributed by atoms with E-state index in [1.54, 1.807) is 30.3 Å². The molecule has 0 aliphatic rings. The molecule has 0 aliphatic carbocycles. The molecule has 0 unspecified atom stereocenters. The molecule has 26 heavy (non-hydrogen) atoms. The molecule has 0 radical (unpaired) electrons. The quantitative estimate of drug-likeness (QED) is 0.390. The maximum absolute atomic E-state index is 12.1. The van der Waals surface area contributed by atoms with Crippen LogP contribution in [0.2, 0.25) is 0 Å². The van der Waals surface area contributed by atoms with Gasteiger partial charge >= 0.3 is 5.97 Å². The predicted molar refractivity (Wildman–Crippen MR) is 97.8 cm³/mol. The highest BCUT2D eigenvalue weighted by molar-refractivity contribution is 6.05. The van der Waals surface area contributed by atoms with Crippen molar-refractivity contribution in [1.82, 2.24) is 0 Å². The Kier molecular flexibility index (Phi) is 4.19. The topological polar surface area (TPSA) is 57.9 Å². The number of fused-ring (bicyclic) bond motifs is 3. The summed E-state index contributed by atoms with van der Waals surface area (Å²) in [7, 11) is 1.52. The highest BCUT2D eigenvalue weighted by Gasteiger charge is 2.12. The van der Waals surface area contributed by atoms with E-state index in [2.05, 4.69) is 0 Å². The number of ether oxygens (including phenoxy) is 3. The van der Waals surface area contributed by atoms with Crippen molar-refractivity contribution in [1.29, 1.82) is 0 Å². The number of rotatable bonds is 5. The molecule has 0 saturated carbocycles. The smallest absolute Gasteiger partial charge is 0.349 e. The van der Waals surface area contributed by atoms with Gasteiger partial charge in [-0.1, -0.05) is 30.3 Å². The fraction of sp³-hybridized carbons (Fsp3) is 0.0952. The van der Waals surface area contributed by atoms with Crippen molar-refractivity contribution in [2.75, 3.05) is 13.7 Å². The van der Waals surface area contributed by atoms with E-state index < -0.39 is 5.97 Å². The largest absolute Gasteiger partial charge is 0.493 e. The summed E-state index contributed by atoms with van der Waals surface area (Å²) in [6.07, 6.45) is 0. The highest BCUT2D eigenvalue weighted by Crippen LogP contribution is 2.31. The van der Waals surface area contributed by atoms with Crippen molar-refractivity contribution >= 4 is 27.9 Å². The van der Waals surface area contributed by atoms with Crippen LogP contribution >= 0.6 is 0 Å². The third-order valence-corrected chi connectivity index (χ3v) is 4.00. The third-order valence-electron chi connectivity index (χ3n) is 4.00. The number of hydrogen-bond acceptors (Lipinski definition) is 5. The van der Waals surface area contributed by atoms with Crippen LogP contribution in [0.15, 0.2) is 71.1 Å². The van der Waals surface area contributed by atoms with Crippen molar-refractivity contribution in [2.24, 2.45) is 0 Å². The molecular weight excluding hydrogens is 332 g/mol. The lowest BCUT2D eigenvalue weighted by Gasteiger charge is -2.09. The molecule has 0 amide bonds. The summed E-state index contributed by atoms with van der Waals surface area (Å²) in [5.74, 6) is 0.916. The van der Waals surface area contributed by atoms with Crippen LogP contribution in [-0.4, -0.2) is 19.7 Å². The average Bonchev–Trinajstić information content (AvgIpc) is 3.05. The molecule has 5 nitrogen and oxygen atoms in total. The van der Waals surface area contributed by atoms with Crippen LogP contribution in [0.5, 0.6) is 17.2 Å². The minimum Gasteiger partial charge on any atom is -0.493 e. The number of hydrogen-bond donors (Lipinski definition) is 0. The second-order valence-electron chi connectivity index (χ2n) is 5.67. The van der Waals surface area contributed by atoms with Crippen molar-refractivity contribution < 1.29 is 23.4 Å². The lowest BCUT2D eigenvalue weighted by Crippen LogP contribution is -2.18. The Bertz CT molecular complexity index is 1080. The second kappa shape index (κ2) is 6.80. The number of para-hydroxylation sites is 3. The number of carbonyl (C=O) groups excluding carboxylic acids is 1. The first kappa shape index (κ1) is 16.0.